The molecular formula is C23H26N4O2. The van der Waals surface area contributed by atoms with Gasteiger partial charge in [-0.05, 0) is 37.5 Å². The smallest absolute Gasteiger partial charge is 0.242 e. The molecule has 1 atom stereocenters. The van der Waals surface area contributed by atoms with Crippen LogP contribution in [0.3, 0.4) is 0 Å². The van der Waals surface area contributed by atoms with Crippen molar-refractivity contribution in [1.82, 2.24) is 19.8 Å². The molecule has 0 radical (unpaired) electrons. The summed E-state index contributed by atoms with van der Waals surface area (Å²) in [6, 6.07) is 17.4. The monoisotopic (exact) mass is 390 g/mol. The fraction of sp³-hybridized carbons (Fsp3) is 0.348. The number of hydrogen-bond donors (Lipinski definition) is 1. The third kappa shape index (κ3) is 4.31. The minimum Gasteiger partial charge on any atom is -0.346 e. The second-order valence-electron chi connectivity index (χ2n) is 7.78. The van der Waals surface area contributed by atoms with Gasteiger partial charge in [-0.15, -0.1) is 0 Å². The number of carbonyl (C=O) groups excluding carboxylic acids is 2. The second-order valence-corrected chi connectivity index (χ2v) is 7.78. The zero-order chi connectivity index (χ0) is 20.4. The Bertz CT molecular complexity index is 1020. The molecule has 1 N–H and O–H groups in total. The highest BCUT2D eigenvalue weighted by Crippen LogP contribution is 2.30. The molecule has 0 aliphatic heterocycles. The van der Waals surface area contributed by atoms with Crippen LogP contribution in [-0.4, -0.2) is 33.3 Å². The third-order valence-corrected chi connectivity index (χ3v) is 5.36. The summed E-state index contributed by atoms with van der Waals surface area (Å²) in [4.78, 5) is 31.6. The van der Waals surface area contributed by atoms with E-state index >= 15 is 0 Å². The summed E-state index contributed by atoms with van der Waals surface area (Å²) in [5, 5.41) is 3.05. The first kappa shape index (κ1) is 19.2. The molecule has 6 heteroatoms. The van der Waals surface area contributed by atoms with Gasteiger partial charge in [0.15, 0.2) is 0 Å². The predicted octanol–water partition coefficient (Wildman–Crippen LogP) is 3.28. The third-order valence-electron chi connectivity index (χ3n) is 5.36. The first-order valence-corrected chi connectivity index (χ1v) is 10.1. The Morgan fingerprint density at radius 1 is 1.14 bits per heavy atom. The second kappa shape index (κ2) is 8.07. The number of hydrogen-bond acceptors (Lipinski definition) is 3. The van der Waals surface area contributed by atoms with Crippen LogP contribution in [0, 0.1) is 5.92 Å². The number of amides is 2. The van der Waals surface area contributed by atoms with Gasteiger partial charge in [-0.1, -0.05) is 42.5 Å². The van der Waals surface area contributed by atoms with Gasteiger partial charge in [0.2, 0.25) is 11.8 Å². The molecule has 4 rings (SSSR count). The van der Waals surface area contributed by atoms with Gasteiger partial charge in [-0.25, -0.2) is 4.98 Å². The number of imidazole rings is 1. The van der Waals surface area contributed by atoms with E-state index in [9.17, 15) is 9.59 Å². The number of likely N-dealkylation sites (N-methyl/N-ethyl adjacent to an activating group) is 1. The number of benzene rings is 2. The lowest BCUT2D eigenvalue weighted by atomic mass is 10.2. The van der Waals surface area contributed by atoms with E-state index in [4.69, 9.17) is 4.98 Å². The van der Waals surface area contributed by atoms with Crippen LogP contribution in [0.25, 0.3) is 11.0 Å². The highest BCUT2D eigenvalue weighted by Gasteiger charge is 2.31. The molecule has 1 aromatic heterocycles. The molecule has 1 fully saturated rings. The fourth-order valence-electron chi connectivity index (χ4n) is 3.53. The maximum absolute atomic E-state index is 13.0. The van der Waals surface area contributed by atoms with E-state index in [0.717, 1.165) is 29.4 Å². The zero-order valence-electron chi connectivity index (χ0n) is 16.8. The van der Waals surface area contributed by atoms with Crippen molar-refractivity contribution >= 4 is 22.8 Å². The SMILES string of the molecule is CC(NC(=O)C1CC1)c1nc2ccccc2n1CC(=O)N(C)Cc1ccccc1. The van der Waals surface area contributed by atoms with Crippen LogP contribution in [0.1, 0.15) is 37.2 Å². The van der Waals surface area contributed by atoms with Crippen LogP contribution in [0.2, 0.25) is 0 Å². The minimum atomic E-state index is -0.261. The molecule has 0 spiro atoms. The molecule has 1 aliphatic rings. The summed E-state index contributed by atoms with van der Waals surface area (Å²) in [7, 11) is 1.81. The zero-order valence-corrected chi connectivity index (χ0v) is 16.8. The molecule has 0 bridgehead atoms. The largest absolute Gasteiger partial charge is 0.346 e. The number of para-hydroxylation sites is 2. The van der Waals surface area contributed by atoms with Gasteiger partial charge >= 0.3 is 0 Å². The van der Waals surface area contributed by atoms with Gasteiger partial charge in [0, 0.05) is 19.5 Å². The quantitative estimate of drug-likeness (QED) is 0.673. The summed E-state index contributed by atoms with van der Waals surface area (Å²) < 4.78 is 1.93. The lowest BCUT2D eigenvalue weighted by molar-refractivity contribution is -0.131. The Labute approximate surface area is 170 Å². The Hall–Kier alpha value is -3.15. The number of aromatic nitrogens is 2. The highest BCUT2D eigenvalue weighted by atomic mass is 16.2. The lowest BCUT2D eigenvalue weighted by Crippen LogP contribution is -2.33. The lowest BCUT2D eigenvalue weighted by Gasteiger charge is -2.20. The summed E-state index contributed by atoms with van der Waals surface area (Å²) >= 11 is 0. The number of rotatable bonds is 7. The Balaban J connectivity index is 1.56. The first-order valence-electron chi connectivity index (χ1n) is 10.1. The van der Waals surface area contributed by atoms with Crippen molar-refractivity contribution in [2.45, 2.75) is 38.9 Å². The highest BCUT2D eigenvalue weighted by molar-refractivity contribution is 5.83. The van der Waals surface area contributed by atoms with E-state index in [-0.39, 0.29) is 30.3 Å². The number of fused-ring (bicyclic) bond motifs is 1. The Morgan fingerprint density at radius 2 is 1.83 bits per heavy atom. The molecule has 1 aliphatic carbocycles. The molecule has 6 nitrogen and oxygen atoms in total. The van der Waals surface area contributed by atoms with Crippen LogP contribution in [-0.2, 0) is 22.7 Å². The van der Waals surface area contributed by atoms with Gasteiger partial charge in [0.05, 0.1) is 17.1 Å². The molecule has 1 unspecified atom stereocenters. The van der Waals surface area contributed by atoms with Crippen molar-refractivity contribution in [3.8, 4) is 0 Å². The predicted molar refractivity (Wildman–Crippen MR) is 112 cm³/mol. The van der Waals surface area contributed by atoms with E-state index in [1.165, 1.54) is 0 Å². The van der Waals surface area contributed by atoms with Crippen molar-refractivity contribution in [1.29, 1.82) is 0 Å². The average Bonchev–Trinajstić information content (AvgIpc) is 3.51. The Morgan fingerprint density at radius 3 is 2.55 bits per heavy atom. The summed E-state index contributed by atoms with van der Waals surface area (Å²) in [5.74, 6) is 0.915. The van der Waals surface area contributed by atoms with Crippen molar-refractivity contribution in [2.24, 2.45) is 5.92 Å². The van der Waals surface area contributed by atoms with Gasteiger partial charge in [0.1, 0.15) is 12.4 Å². The van der Waals surface area contributed by atoms with E-state index in [1.54, 1.807) is 4.90 Å². The van der Waals surface area contributed by atoms with Crippen molar-refractivity contribution < 1.29 is 9.59 Å². The van der Waals surface area contributed by atoms with E-state index in [0.29, 0.717) is 12.4 Å². The molecule has 0 saturated heterocycles. The molecule has 3 aromatic rings. The van der Waals surface area contributed by atoms with Gasteiger partial charge in [0.25, 0.3) is 0 Å². The number of nitrogens with zero attached hydrogens (tertiary/aromatic N) is 3. The molecule has 1 saturated carbocycles. The standard InChI is InChI=1S/C23H26N4O2/c1-16(24-23(29)18-12-13-18)22-25-19-10-6-7-11-20(19)27(22)15-21(28)26(2)14-17-8-4-3-5-9-17/h3-11,16,18H,12-15H2,1-2H3,(H,24,29). The number of carbonyl (C=O) groups is 2. The van der Waals surface area contributed by atoms with E-state index in [1.807, 2.05) is 73.1 Å². The molecule has 150 valence electrons. The number of nitrogens with one attached hydrogen (secondary N) is 1. The van der Waals surface area contributed by atoms with Gasteiger partial charge < -0.3 is 14.8 Å². The average molecular weight is 390 g/mol. The van der Waals surface area contributed by atoms with Gasteiger partial charge in [-0.2, -0.15) is 0 Å². The maximum Gasteiger partial charge on any atom is 0.242 e. The van der Waals surface area contributed by atoms with Crippen LogP contribution in [0.15, 0.2) is 54.6 Å². The van der Waals surface area contributed by atoms with Crippen molar-refractivity contribution in [3.63, 3.8) is 0 Å². The Kier molecular flexibility index (Phi) is 5.34. The van der Waals surface area contributed by atoms with Crippen molar-refractivity contribution in [2.75, 3.05) is 7.05 Å². The maximum atomic E-state index is 13.0. The molecule has 2 aromatic carbocycles. The molecule has 29 heavy (non-hydrogen) atoms. The first-order chi connectivity index (χ1) is 14.0. The normalized spacial score (nSPS) is 14.6. The molecule has 1 heterocycles. The van der Waals surface area contributed by atoms with Crippen LogP contribution < -0.4 is 5.32 Å². The summed E-state index contributed by atoms with van der Waals surface area (Å²) in [6.45, 7) is 2.66. The molecule has 2 amide bonds. The van der Waals surface area contributed by atoms with E-state index in [2.05, 4.69) is 5.32 Å². The van der Waals surface area contributed by atoms with Crippen molar-refractivity contribution in [3.05, 3.63) is 66.0 Å². The summed E-state index contributed by atoms with van der Waals surface area (Å²) in [5.41, 5.74) is 2.81. The summed E-state index contributed by atoms with van der Waals surface area (Å²) in [6.07, 6.45) is 1.91. The van der Waals surface area contributed by atoms with Crippen LogP contribution in [0.5, 0.6) is 0 Å². The molecular weight excluding hydrogens is 364 g/mol. The van der Waals surface area contributed by atoms with Crippen LogP contribution >= 0.6 is 0 Å². The topological polar surface area (TPSA) is 67.2 Å². The fourth-order valence-corrected chi connectivity index (χ4v) is 3.53. The minimum absolute atomic E-state index is 0.000949. The van der Waals surface area contributed by atoms with Crippen LogP contribution in [0.4, 0.5) is 0 Å². The van der Waals surface area contributed by atoms with Gasteiger partial charge in [-0.3, -0.25) is 9.59 Å². The van der Waals surface area contributed by atoms with E-state index < -0.39 is 0 Å².